The maximum absolute atomic E-state index is 12.6. The second kappa shape index (κ2) is 9.80. The van der Waals surface area contributed by atoms with E-state index in [0.717, 1.165) is 5.56 Å². The van der Waals surface area contributed by atoms with Crippen molar-refractivity contribution in [1.29, 1.82) is 0 Å². The summed E-state index contributed by atoms with van der Waals surface area (Å²) in [7, 11) is -3.12. The van der Waals surface area contributed by atoms with Crippen LogP contribution in [0.15, 0.2) is 24.3 Å². The molecule has 2 atom stereocenters. The molecular formula is C22H32N2O6S. The minimum atomic E-state index is -3.12. The lowest BCUT2D eigenvalue weighted by Gasteiger charge is -2.22. The van der Waals surface area contributed by atoms with Gasteiger partial charge in [0.15, 0.2) is 16.4 Å². The van der Waals surface area contributed by atoms with Gasteiger partial charge in [-0.3, -0.25) is 9.59 Å². The van der Waals surface area contributed by atoms with Gasteiger partial charge >= 0.3 is 5.97 Å². The van der Waals surface area contributed by atoms with Crippen LogP contribution in [0.5, 0.6) is 0 Å². The van der Waals surface area contributed by atoms with Gasteiger partial charge in [-0.1, -0.05) is 46.8 Å². The van der Waals surface area contributed by atoms with Gasteiger partial charge in [-0.25, -0.2) is 13.2 Å². The van der Waals surface area contributed by atoms with Crippen LogP contribution >= 0.6 is 0 Å². The molecule has 2 N–H and O–H groups in total. The highest BCUT2D eigenvalue weighted by molar-refractivity contribution is 7.91. The van der Waals surface area contributed by atoms with E-state index in [9.17, 15) is 22.8 Å². The fourth-order valence-electron chi connectivity index (χ4n) is 3.25. The highest BCUT2D eigenvalue weighted by Crippen LogP contribution is 2.22. The van der Waals surface area contributed by atoms with E-state index >= 15 is 0 Å². The molecule has 9 heteroatoms. The van der Waals surface area contributed by atoms with Gasteiger partial charge in [0, 0.05) is 11.6 Å². The monoisotopic (exact) mass is 452 g/mol. The fourth-order valence-corrected chi connectivity index (χ4v) is 4.92. The summed E-state index contributed by atoms with van der Waals surface area (Å²) in [6.45, 7) is 9.23. The summed E-state index contributed by atoms with van der Waals surface area (Å²) < 4.78 is 28.0. The molecule has 172 valence electrons. The molecule has 0 aliphatic carbocycles. The summed E-state index contributed by atoms with van der Waals surface area (Å²) in [6, 6.07) is 5.79. The standard InChI is InChI=1S/C22H32N2O6S/c1-14(2)19(24-20(26)15-6-8-16(9-7-15)22(3,4)5)21(27)30-12-18(25)23-17-10-11-31(28,29)13-17/h6-9,14,17,19H,10-13H2,1-5H3,(H,23,25)(H,24,26)/t17-,19+/m1/s1. The Bertz CT molecular complexity index is 916. The van der Waals surface area contributed by atoms with Gasteiger partial charge in [-0.2, -0.15) is 0 Å². The van der Waals surface area contributed by atoms with Crippen molar-refractivity contribution in [2.75, 3.05) is 18.1 Å². The molecule has 1 heterocycles. The van der Waals surface area contributed by atoms with E-state index < -0.39 is 46.3 Å². The molecule has 8 nitrogen and oxygen atoms in total. The topological polar surface area (TPSA) is 119 Å². The molecule has 1 fully saturated rings. The zero-order valence-corrected chi connectivity index (χ0v) is 19.5. The number of carbonyl (C=O) groups excluding carboxylic acids is 3. The molecule has 0 unspecified atom stereocenters. The normalized spacial score (nSPS) is 19.0. The zero-order chi connectivity index (χ0) is 23.4. The second-order valence-corrected chi connectivity index (χ2v) is 11.5. The molecule has 1 aliphatic rings. The Kier molecular flexibility index (Phi) is 7.86. The lowest BCUT2D eigenvalue weighted by molar-refractivity contribution is -0.151. The van der Waals surface area contributed by atoms with Gasteiger partial charge in [0.2, 0.25) is 0 Å². The van der Waals surface area contributed by atoms with Crippen LogP contribution in [-0.2, 0) is 29.6 Å². The number of esters is 1. The molecule has 0 aromatic heterocycles. The molecule has 2 amide bonds. The molecular weight excluding hydrogens is 420 g/mol. The summed E-state index contributed by atoms with van der Waals surface area (Å²) in [5.74, 6) is -2.02. The Morgan fingerprint density at radius 3 is 2.23 bits per heavy atom. The number of benzene rings is 1. The van der Waals surface area contributed by atoms with Crippen molar-refractivity contribution in [2.45, 2.75) is 58.5 Å². The van der Waals surface area contributed by atoms with Gasteiger partial charge in [-0.15, -0.1) is 0 Å². The second-order valence-electron chi connectivity index (χ2n) is 9.30. The van der Waals surface area contributed by atoms with Gasteiger partial charge in [-0.05, 0) is 35.4 Å². The first-order chi connectivity index (χ1) is 14.3. The van der Waals surface area contributed by atoms with Crippen LogP contribution < -0.4 is 10.6 Å². The zero-order valence-electron chi connectivity index (χ0n) is 18.7. The lowest BCUT2D eigenvalue weighted by Crippen LogP contribution is -2.46. The number of rotatable bonds is 7. The predicted octanol–water partition coefficient (Wildman–Crippen LogP) is 1.59. The minimum absolute atomic E-state index is 0.0376. The van der Waals surface area contributed by atoms with Crippen LogP contribution in [0, 0.1) is 5.92 Å². The van der Waals surface area contributed by atoms with Crippen molar-refractivity contribution in [1.82, 2.24) is 10.6 Å². The van der Waals surface area contributed by atoms with Crippen molar-refractivity contribution in [3.63, 3.8) is 0 Å². The van der Waals surface area contributed by atoms with E-state index in [0.29, 0.717) is 12.0 Å². The maximum atomic E-state index is 12.6. The smallest absolute Gasteiger partial charge is 0.329 e. The summed E-state index contributed by atoms with van der Waals surface area (Å²) in [6.07, 6.45) is 0.348. The first-order valence-corrected chi connectivity index (χ1v) is 12.2. The van der Waals surface area contributed by atoms with Crippen molar-refractivity contribution >= 4 is 27.6 Å². The third-order valence-corrected chi connectivity index (χ3v) is 6.93. The van der Waals surface area contributed by atoms with Crippen molar-refractivity contribution in [3.8, 4) is 0 Å². The number of amides is 2. The molecule has 1 aliphatic heterocycles. The van der Waals surface area contributed by atoms with Crippen LogP contribution in [0.4, 0.5) is 0 Å². The maximum Gasteiger partial charge on any atom is 0.329 e. The number of nitrogens with one attached hydrogen (secondary N) is 2. The molecule has 0 radical (unpaired) electrons. The van der Waals surface area contributed by atoms with Crippen LogP contribution in [0.2, 0.25) is 0 Å². The van der Waals surface area contributed by atoms with E-state index in [2.05, 4.69) is 31.4 Å². The Labute approximate surface area is 184 Å². The Morgan fingerprint density at radius 1 is 1.13 bits per heavy atom. The number of hydrogen-bond acceptors (Lipinski definition) is 6. The molecule has 2 rings (SSSR count). The van der Waals surface area contributed by atoms with E-state index in [1.807, 2.05) is 12.1 Å². The fraction of sp³-hybridized carbons (Fsp3) is 0.591. The third kappa shape index (κ3) is 7.34. The minimum Gasteiger partial charge on any atom is -0.454 e. The number of hydrogen-bond donors (Lipinski definition) is 2. The van der Waals surface area contributed by atoms with Crippen LogP contribution in [0.3, 0.4) is 0 Å². The summed E-state index contributed by atoms with van der Waals surface area (Å²) in [4.78, 5) is 37.1. The number of carbonyl (C=O) groups is 3. The molecule has 0 saturated carbocycles. The van der Waals surface area contributed by atoms with Gasteiger partial charge in [0.1, 0.15) is 6.04 Å². The number of ether oxygens (including phenoxy) is 1. The summed E-state index contributed by atoms with van der Waals surface area (Å²) in [5.41, 5.74) is 1.47. The largest absolute Gasteiger partial charge is 0.454 e. The molecule has 1 saturated heterocycles. The summed E-state index contributed by atoms with van der Waals surface area (Å²) in [5, 5.41) is 5.23. The Morgan fingerprint density at radius 2 is 1.74 bits per heavy atom. The van der Waals surface area contributed by atoms with E-state index in [1.54, 1.807) is 26.0 Å². The lowest BCUT2D eigenvalue weighted by atomic mass is 9.86. The highest BCUT2D eigenvalue weighted by Gasteiger charge is 2.30. The molecule has 31 heavy (non-hydrogen) atoms. The van der Waals surface area contributed by atoms with Crippen molar-refractivity contribution in [3.05, 3.63) is 35.4 Å². The average Bonchev–Trinajstić information content (AvgIpc) is 3.01. The SMILES string of the molecule is CC(C)[C@H](NC(=O)c1ccc(C(C)(C)C)cc1)C(=O)OCC(=O)N[C@@H]1CCS(=O)(=O)C1. The quantitative estimate of drug-likeness (QED) is 0.607. The van der Waals surface area contributed by atoms with E-state index in [1.165, 1.54) is 0 Å². The molecule has 1 aromatic rings. The average molecular weight is 453 g/mol. The van der Waals surface area contributed by atoms with E-state index in [4.69, 9.17) is 4.74 Å². The van der Waals surface area contributed by atoms with Crippen LogP contribution in [0.1, 0.15) is 57.0 Å². The van der Waals surface area contributed by atoms with E-state index in [-0.39, 0.29) is 22.8 Å². The van der Waals surface area contributed by atoms with Gasteiger partial charge < -0.3 is 15.4 Å². The predicted molar refractivity (Wildman–Crippen MR) is 117 cm³/mol. The van der Waals surface area contributed by atoms with Crippen molar-refractivity contribution in [2.24, 2.45) is 5.92 Å². The molecule has 1 aromatic carbocycles. The highest BCUT2D eigenvalue weighted by atomic mass is 32.2. The third-order valence-electron chi connectivity index (χ3n) is 5.16. The van der Waals surface area contributed by atoms with Crippen molar-refractivity contribution < 1.29 is 27.5 Å². The first kappa shape index (κ1) is 24.8. The van der Waals surface area contributed by atoms with Gasteiger partial charge in [0.05, 0.1) is 11.5 Å². The first-order valence-electron chi connectivity index (χ1n) is 10.4. The molecule has 0 spiro atoms. The Hall–Kier alpha value is -2.42. The summed E-state index contributed by atoms with van der Waals surface area (Å²) >= 11 is 0. The van der Waals surface area contributed by atoms with Crippen LogP contribution in [0.25, 0.3) is 0 Å². The number of sulfone groups is 1. The molecule has 0 bridgehead atoms. The van der Waals surface area contributed by atoms with Crippen LogP contribution in [-0.4, -0.2) is 56.4 Å². The Balaban J connectivity index is 1.91. The van der Waals surface area contributed by atoms with Gasteiger partial charge in [0.25, 0.3) is 11.8 Å².